The summed E-state index contributed by atoms with van der Waals surface area (Å²) in [5, 5.41) is 9.65. The fourth-order valence-electron chi connectivity index (χ4n) is 1.69. The molecule has 2 rings (SSSR count). The van der Waals surface area contributed by atoms with E-state index in [1.807, 2.05) is 0 Å². The molecule has 1 aromatic carbocycles. The van der Waals surface area contributed by atoms with Crippen LogP contribution in [0.5, 0.6) is 5.75 Å². The van der Waals surface area contributed by atoms with Crippen LogP contribution in [0.15, 0.2) is 27.8 Å². The molecule has 0 aliphatic heterocycles. The zero-order valence-corrected chi connectivity index (χ0v) is 9.02. The van der Waals surface area contributed by atoms with Gasteiger partial charge in [0.05, 0.1) is 10.9 Å². The largest absolute Gasteiger partial charge is 0.508 e. The number of hydrogen-bond donors (Lipinski definition) is 2. The zero-order chi connectivity index (χ0) is 11.9. The average molecular weight is 220 g/mol. The molecule has 0 spiro atoms. The van der Waals surface area contributed by atoms with Crippen LogP contribution >= 0.6 is 0 Å². The van der Waals surface area contributed by atoms with Gasteiger partial charge in [-0.3, -0.25) is 9.36 Å². The summed E-state index contributed by atoms with van der Waals surface area (Å²) in [6.45, 7) is 3.53. The van der Waals surface area contributed by atoms with Crippen molar-refractivity contribution in [2.24, 2.45) is 0 Å². The van der Waals surface area contributed by atoms with Gasteiger partial charge in [-0.1, -0.05) is 0 Å². The first-order valence-corrected chi connectivity index (χ1v) is 4.98. The second kappa shape index (κ2) is 3.52. The van der Waals surface area contributed by atoms with Crippen molar-refractivity contribution in [3.8, 4) is 5.75 Å². The molecule has 0 bridgehead atoms. The normalized spacial score (nSPS) is 11.2. The van der Waals surface area contributed by atoms with E-state index in [9.17, 15) is 14.7 Å². The van der Waals surface area contributed by atoms with Gasteiger partial charge in [0.15, 0.2) is 0 Å². The van der Waals surface area contributed by atoms with Gasteiger partial charge in [0, 0.05) is 12.1 Å². The standard InChI is InChI=1S/C11H12N2O3/c1-6(2)13-10(15)8-4-3-7(14)5-9(8)12-11(13)16/h3-6,14H,1-2H3,(H,12,16). The van der Waals surface area contributed by atoms with E-state index in [-0.39, 0.29) is 17.4 Å². The van der Waals surface area contributed by atoms with Crippen molar-refractivity contribution in [3.05, 3.63) is 39.0 Å². The number of aromatic nitrogens is 2. The number of rotatable bonds is 1. The molecule has 84 valence electrons. The fraction of sp³-hybridized carbons (Fsp3) is 0.273. The number of benzene rings is 1. The predicted octanol–water partition coefficient (Wildman–Crippen LogP) is 0.976. The topological polar surface area (TPSA) is 75.1 Å². The molecule has 0 aliphatic rings. The van der Waals surface area contributed by atoms with Gasteiger partial charge in [0.25, 0.3) is 5.56 Å². The molecule has 2 aromatic rings. The molecular formula is C11H12N2O3. The number of fused-ring (bicyclic) bond motifs is 1. The molecule has 5 heteroatoms. The van der Waals surface area contributed by atoms with Crippen LogP contribution in [-0.2, 0) is 0 Å². The highest BCUT2D eigenvalue weighted by molar-refractivity contribution is 5.78. The second-order valence-corrected chi connectivity index (χ2v) is 3.93. The maximum absolute atomic E-state index is 12.0. The van der Waals surface area contributed by atoms with Gasteiger partial charge in [0.2, 0.25) is 0 Å². The Bertz CT molecular complexity index is 652. The summed E-state index contributed by atoms with van der Waals surface area (Å²) in [6.07, 6.45) is 0. The summed E-state index contributed by atoms with van der Waals surface area (Å²) in [7, 11) is 0. The molecule has 0 saturated heterocycles. The summed E-state index contributed by atoms with van der Waals surface area (Å²) in [6, 6.07) is 4.09. The first kappa shape index (κ1) is 10.5. The van der Waals surface area contributed by atoms with Crippen LogP contribution in [0.1, 0.15) is 19.9 Å². The van der Waals surface area contributed by atoms with Crippen molar-refractivity contribution in [1.29, 1.82) is 0 Å². The lowest BCUT2D eigenvalue weighted by molar-refractivity contribution is 0.476. The van der Waals surface area contributed by atoms with Crippen molar-refractivity contribution < 1.29 is 5.11 Å². The minimum absolute atomic E-state index is 0.0184. The molecule has 2 N–H and O–H groups in total. The van der Waals surface area contributed by atoms with Gasteiger partial charge in [-0.2, -0.15) is 0 Å². The van der Waals surface area contributed by atoms with Crippen molar-refractivity contribution in [2.75, 3.05) is 0 Å². The number of aromatic amines is 1. The number of H-pyrrole nitrogens is 1. The molecule has 16 heavy (non-hydrogen) atoms. The van der Waals surface area contributed by atoms with E-state index in [0.29, 0.717) is 10.9 Å². The summed E-state index contributed by atoms with van der Waals surface area (Å²) >= 11 is 0. The Balaban J connectivity index is 2.95. The van der Waals surface area contributed by atoms with Crippen molar-refractivity contribution >= 4 is 10.9 Å². The Morgan fingerprint density at radius 2 is 2.00 bits per heavy atom. The monoisotopic (exact) mass is 220 g/mol. The number of phenolic OH excluding ortho intramolecular Hbond substituents is 1. The quantitative estimate of drug-likeness (QED) is 0.752. The summed E-state index contributed by atoms with van der Waals surface area (Å²) in [5.74, 6) is 0.0184. The van der Waals surface area contributed by atoms with Crippen molar-refractivity contribution in [2.45, 2.75) is 19.9 Å². The predicted molar refractivity (Wildman–Crippen MR) is 60.9 cm³/mol. The first-order chi connectivity index (χ1) is 7.50. The smallest absolute Gasteiger partial charge is 0.329 e. The minimum Gasteiger partial charge on any atom is -0.508 e. The highest BCUT2D eigenvalue weighted by atomic mass is 16.3. The van der Waals surface area contributed by atoms with E-state index in [2.05, 4.69) is 4.98 Å². The Morgan fingerprint density at radius 1 is 1.31 bits per heavy atom. The van der Waals surface area contributed by atoms with E-state index in [0.717, 1.165) is 4.57 Å². The number of nitrogens with zero attached hydrogens (tertiary/aromatic N) is 1. The average Bonchev–Trinajstić information content (AvgIpc) is 2.15. The van der Waals surface area contributed by atoms with Crippen molar-refractivity contribution in [1.82, 2.24) is 9.55 Å². The van der Waals surface area contributed by atoms with E-state index in [4.69, 9.17) is 0 Å². The Labute approximate surface area is 91.0 Å². The van der Waals surface area contributed by atoms with Gasteiger partial charge < -0.3 is 10.1 Å². The maximum atomic E-state index is 12.0. The molecule has 0 aliphatic carbocycles. The first-order valence-electron chi connectivity index (χ1n) is 4.98. The number of nitrogens with one attached hydrogen (secondary N) is 1. The van der Waals surface area contributed by atoms with Crippen LogP contribution in [0.3, 0.4) is 0 Å². The highest BCUT2D eigenvalue weighted by Gasteiger charge is 2.09. The minimum atomic E-state index is -0.460. The summed E-state index contributed by atoms with van der Waals surface area (Å²) < 4.78 is 1.15. The number of hydrogen-bond acceptors (Lipinski definition) is 3. The third-order valence-corrected chi connectivity index (χ3v) is 2.43. The molecule has 0 unspecified atom stereocenters. The van der Waals surface area contributed by atoms with Crippen LogP contribution in [0.4, 0.5) is 0 Å². The van der Waals surface area contributed by atoms with Crippen molar-refractivity contribution in [3.63, 3.8) is 0 Å². The molecule has 1 heterocycles. The summed E-state index contributed by atoms with van der Waals surface area (Å²) in [4.78, 5) is 26.2. The molecule has 1 aromatic heterocycles. The molecule has 0 saturated carbocycles. The lowest BCUT2D eigenvalue weighted by atomic mass is 10.2. The lowest BCUT2D eigenvalue weighted by Crippen LogP contribution is -2.36. The SMILES string of the molecule is CC(C)n1c(=O)[nH]c2cc(O)ccc2c1=O. The molecular weight excluding hydrogens is 208 g/mol. The number of phenols is 1. The van der Waals surface area contributed by atoms with E-state index >= 15 is 0 Å². The Kier molecular flexibility index (Phi) is 2.30. The zero-order valence-electron chi connectivity index (χ0n) is 9.02. The third kappa shape index (κ3) is 1.50. The fourth-order valence-corrected chi connectivity index (χ4v) is 1.69. The van der Waals surface area contributed by atoms with E-state index in [1.165, 1.54) is 18.2 Å². The molecule has 0 fully saturated rings. The van der Waals surface area contributed by atoms with Gasteiger partial charge in [0.1, 0.15) is 5.75 Å². The maximum Gasteiger partial charge on any atom is 0.329 e. The Morgan fingerprint density at radius 3 is 2.62 bits per heavy atom. The van der Waals surface area contributed by atoms with Gasteiger partial charge in [-0.05, 0) is 26.0 Å². The van der Waals surface area contributed by atoms with Crippen LogP contribution in [-0.4, -0.2) is 14.7 Å². The van der Waals surface area contributed by atoms with Gasteiger partial charge in [-0.15, -0.1) is 0 Å². The van der Waals surface area contributed by atoms with Crippen LogP contribution in [0, 0.1) is 0 Å². The number of aromatic hydroxyl groups is 1. The van der Waals surface area contributed by atoms with Crippen LogP contribution in [0.25, 0.3) is 10.9 Å². The molecule has 0 atom stereocenters. The van der Waals surface area contributed by atoms with Gasteiger partial charge in [-0.25, -0.2) is 4.79 Å². The summed E-state index contributed by atoms with van der Waals surface area (Å²) in [5.41, 5.74) is -0.446. The molecule has 5 nitrogen and oxygen atoms in total. The Hall–Kier alpha value is -2.04. The van der Waals surface area contributed by atoms with Crippen LogP contribution < -0.4 is 11.2 Å². The van der Waals surface area contributed by atoms with E-state index in [1.54, 1.807) is 13.8 Å². The highest BCUT2D eigenvalue weighted by Crippen LogP contribution is 2.14. The lowest BCUT2D eigenvalue weighted by Gasteiger charge is -2.09. The third-order valence-electron chi connectivity index (χ3n) is 2.43. The molecule has 0 radical (unpaired) electrons. The molecule has 0 amide bonds. The van der Waals surface area contributed by atoms with E-state index < -0.39 is 5.69 Å². The second-order valence-electron chi connectivity index (χ2n) is 3.93. The van der Waals surface area contributed by atoms with Crippen LogP contribution in [0.2, 0.25) is 0 Å². The van der Waals surface area contributed by atoms with Gasteiger partial charge >= 0.3 is 5.69 Å².